The van der Waals surface area contributed by atoms with E-state index >= 15 is 0 Å². The lowest BCUT2D eigenvalue weighted by Gasteiger charge is -2.22. The Kier molecular flexibility index (Phi) is 5.75. The van der Waals surface area contributed by atoms with Gasteiger partial charge in [0.05, 0.1) is 11.3 Å². The summed E-state index contributed by atoms with van der Waals surface area (Å²) in [6, 6.07) is 1.66. The number of rotatable bonds is 7. The minimum Gasteiger partial charge on any atom is -0.397 e. The number of nitrogens with one attached hydrogen (secondary N) is 1. The van der Waals surface area contributed by atoms with Gasteiger partial charge in [0, 0.05) is 25.0 Å². The lowest BCUT2D eigenvalue weighted by Crippen LogP contribution is -2.42. The summed E-state index contributed by atoms with van der Waals surface area (Å²) in [5, 5.41) is 12.8. The monoisotopic (exact) mass is 285 g/mol. The fraction of sp³-hybridized carbons (Fsp3) is 0.615. The van der Waals surface area contributed by atoms with Crippen LogP contribution in [0.15, 0.2) is 12.3 Å². The number of nitrogens with zero attached hydrogens (tertiary/aromatic N) is 1. The van der Waals surface area contributed by atoms with Crippen LogP contribution in [0.4, 0.5) is 5.69 Å². The molecule has 0 bridgehead atoms. The van der Waals surface area contributed by atoms with Gasteiger partial charge in [-0.2, -0.15) is 11.8 Å². The first kappa shape index (κ1) is 15.9. The van der Waals surface area contributed by atoms with E-state index in [-0.39, 0.29) is 12.5 Å². The second kappa shape index (κ2) is 6.86. The van der Waals surface area contributed by atoms with Crippen molar-refractivity contribution >= 4 is 23.4 Å². The van der Waals surface area contributed by atoms with Gasteiger partial charge in [0.25, 0.3) is 5.91 Å². The van der Waals surface area contributed by atoms with Crippen molar-refractivity contribution in [3.63, 3.8) is 0 Å². The molecule has 1 aromatic rings. The molecule has 0 spiro atoms. The third kappa shape index (κ3) is 4.80. The molecule has 0 aliphatic carbocycles. The van der Waals surface area contributed by atoms with E-state index in [9.17, 15) is 9.90 Å². The van der Waals surface area contributed by atoms with Gasteiger partial charge in [-0.15, -0.1) is 0 Å². The molecule has 0 radical (unpaired) electrons. The number of amides is 1. The third-order valence-corrected chi connectivity index (χ3v) is 3.61. The van der Waals surface area contributed by atoms with E-state index in [1.807, 2.05) is 17.7 Å². The summed E-state index contributed by atoms with van der Waals surface area (Å²) in [7, 11) is 0. The maximum absolute atomic E-state index is 12.1. The summed E-state index contributed by atoms with van der Waals surface area (Å²) in [5.41, 5.74) is 5.94. The van der Waals surface area contributed by atoms with Crippen molar-refractivity contribution in [1.82, 2.24) is 9.88 Å². The van der Waals surface area contributed by atoms with Crippen molar-refractivity contribution in [3.05, 3.63) is 18.0 Å². The van der Waals surface area contributed by atoms with Gasteiger partial charge in [-0.3, -0.25) is 4.79 Å². The van der Waals surface area contributed by atoms with Crippen LogP contribution in [0.5, 0.6) is 0 Å². The second-order valence-electron chi connectivity index (χ2n) is 4.96. The number of carbonyl (C=O) groups excluding carboxylic acids is 1. The predicted octanol–water partition coefficient (Wildman–Crippen LogP) is 1.32. The van der Waals surface area contributed by atoms with Crippen LogP contribution >= 0.6 is 11.8 Å². The Bertz CT molecular complexity index is 430. The number of anilines is 1. The van der Waals surface area contributed by atoms with Crippen molar-refractivity contribution in [2.75, 3.05) is 24.3 Å². The topological polar surface area (TPSA) is 80.3 Å². The molecule has 1 aromatic heterocycles. The standard InChI is InChI=1S/C13H23N3O2S/c1-4-5-16-7-10(14)6-11(16)12(17)15-8-13(2,18)9-19-3/h6-7,18H,4-5,8-9,14H2,1-3H3,(H,15,17). The quantitative estimate of drug-likeness (QED) is 0.706. The first-order valence-electron chi connectivity index (χ1n) is 6.35. The number of aryl methyl sites for hydroxylation is 1. The van der Waals surface area contributed by atoms with Crippen molar-refractivity contribution in [3.8, 4) is 0 Å². The normalized spacial score (nSPS) is 14.1. The number of aliphatic hydroxyl groups is 1. The van der Waals surface area contributed by atoms with E-state index in [0.29, 0.717) is 17.1 Å². The van der Waals surface area contributed by atoms with E-state index < -0.39 is 5.60 Å². The molecule has 5 nitrogen and oxygen atoms in total. The molecule has 0 aliphatic rings. The number of hydrogen-bond donors (Lipinski definition) is 3. The van der Waals surface area contributed by atoms with Gasteiger partial charge < -0.3 is 20.7 Å². The fourth-order valence-electron chi connectivity index (χ4n) is 1.87. The van der Waals surface area contributed by atoms with E-state index in [2.05, 4.69) is 5.32 Å². The van der Waals surface area contributed by atoms with Gasteiger partial charge in [0.2, 0.25) is 0 Å². The molecule has 0 aliphatic heterocycles. The molecule has 1 heterocycles. The molecule has 1 unspecified atom stereocenters. The molecular formula is C13H23N3O2S. The van der Waals surface area contributed by atoms with Crippen LogP contribution in [0, 0.1) is 0 Å². The Labute approximate surface area is 118 Å². The summed E-state index contributed by atoms with van der Waals surface area (Å²) in [6.45, 7) is 4.73. The van der Waals surface area contributed by atoms with Crippen LogP contribution in [0.2, 0.25) is 0 Å². The summed E-state index contributed by atoms with van der Waals surface area (Å²) in [5.74, 6) is 0.373. The van der Waals surface area contributed by atoms with Crippen LogP contribution < -0.4 is 11.1 Å². The van der Waals surface area contributed by atoms with Gasteiger partial charge >= 0.3 is 0 Å². The Morgan fingerprint density at radius 3 is 2.89 bits per heavy atom. The van der Waals surface area contributed by atoms with E-state index in [4.69, 9.17) is 5.73 Å². The van der Waals surface area contributed by atoms with Gasteiger partial charge in [0.1, 0.15) is 5.69 Å². The van der Waals surface area contributed by atoms with Crippen LogP contribution in [0.1, 0.15) is 30.8 Å². The number of nitrogens with two attached hydrogens (primary N) is 1. The van der Waals surface area contributed by atoms with Gasteiger partial charge in [-0.1, -0.05) is 6.92 Å². The smallest absolute Gasteiger partial charge is 0.268 e. The molecule has 19 heavy (non-hydrogen) atoms. The zero-order chi connectivity index (χ0) is 14.5. The van der Waals surface area contributed by atoms with Crippen LogP contribution in [0.3, 0.4) is 0 Å². The van der Waals surface area contributed by atoms with Gasteiger partial charge in [-0.25, -0.2) is 0 Å². The van der Waals surface area contributed by atoms with Gasteiger partial charge in [0.15, 0.2) is 0 Å². The summed E-state index contributed by atoms with van der Waals surface area (Å²) >= 11 is 1.54. The molecule has 4 N–H and O–H groups in total. The SMILES string of the molecule is CCCn1cc(N)cc1C(=O)NCC(C)(O)CSC. The highest BCUT2D eigenvalue weighted by Crippen LogP contribution is 2.13. The maximum atomic E-state index is 12.1. The zero-order valence-electron chi connectivity index (χ0n) is 11.8. The Balaban J connectivity index is 2.68. The Morgan fingerprint density at radius 1 is 1.63 bits per heavy atom. The van der Waals surface area contributed by atoms with Crippen molar-refractivity contribution in [1.29, 1.82) is 0 Å². The third-order valence-electron chi connectivity index (χ3n) is 2.70. The first-order valence-corrected chi connectivity index (χ1v) is 7.74. The van der Waals surface area contributed by atoms with Crippen LogP contribution in [0.25, 0.3) is 0 Å². The predicted molar refractivity (Wildman–Crippen MR) is 80.5 cm³/mol. The number of hydrogen-bond acceptors (Lipinski definition) is 4. The number of thioether (sulfide) groups is 1. The minimum absolute atomic E-state index is 0.202. The molecule has 0 saturated heterocycles. The highest BCUT2D eigenvalue weighted by Gasteiger charge is 2.21. The molecule has 0 aromatic carbocycles. The molecule has 0 saturated carbocycles. The summed E-state index contributed by atoms with van der Waals surface area (Å²) in [6.07, 6.45) is 4.61. The van der Waals surface area contributed by atoms with E-state index in [1.54, 1.807) is 30.9 Å². The zero-order valence-corrected chi connectivity index (χ0v) is 12.6. The molecule has 6 heteroatoms. The summed E-state index contributed by atoms with van der Waals surface area (Å²) in [4.78, 5) is 12.1. The van der Waals surface area contributed by atoms with Crippen LogP contribution in [-0.4, -0.2) is 39.7 Å². The average molecular weight is 285 g/mol. The molecule has 1 atom stereocenters. The van der Waals surface area contributed by atoms with E-state index in [1.165, 1.54) is 0 Å². The van der Waals surface area contributed by atoms with E-state index in [0.717, 1.165) is 13.0 Å². The largest absolute Gasteiger partial charge is 0.397 e. The Morgan fingerprint density at radius 2 is 2.32 bits per heavy atom. The number of nitrogen functional groups attached to an aromatic ring is 1. The minimum atomic E-state index is -0.900. The lowest BCUT2D eigenvalue weighted by molar-refractivity contribution is 0.0720. The molecule has 0 fully saturated rings. The number of aromatic nitrogens is 1. The van der Waals surface area contributed by atoms with Gasteiger partial charge in [-0.05, 0) is 25.7 Å². The van der Waals surface area contributed by atoms with Crippen molar-refractivity contribution in [2.45, 2.75) is 32.4 Å². The molecule has 1 rings (SSSR count). The fourth-order valence-corrected chi connectivity index (χ4v) is 2.60. The second-order valence-corrected chi connectivity index (χ2v) is 5.83. The number of carbonyl (C=O) groups is 1. The maximum Gasteiger partial charge on any atom is 0.268 e. The molecule has 1 amide bonds. The Hall–Kier alpha value is -1.14. The molecule has 108 valence electrons. The average Bonchev–Trinajstić information content (AvgIpc) is 2.68. The molecular weight excluding hydrogens is 262 g/mol. The first-order chi connectivity index (χ1) is 8.89. The van der Waals surface area contributed by atoms with Crippen molar-refractivity contribution in [2.24, 2.45) is 0 Å². The summed E-state index contributed by atoms with van der Waals surface area (Å²) < 4.78 is 1.84. The van der Waals surface area contributed by atoms with Crippen LogP contribution in [-0.2, 0) is 6.54 Å². The van der Waals surface area contributed by atoms with Crippen molar-refractivity contribution < 1.29 is 9.90 Å². The highest BCUT2D eigenvalue weighted by molar-refractivity contribution is 7.98. The lowest BCUT2D eigenvalue weighted by atomic mass is 10.1. The highest BCUT2D eigenvalue weighted by atomic mass is 32.2.